The molecule has 1 fully saturated rings. The Balaban J connectivity index is 1.62. The first-order valence-corrected chi connectivity index (χ1v) is 9.55. The fourth-order valence-corrected chi connectivity index (χ4v) is 4.06. The van der Waals surface area contributed by atoms with Gasteiger partial charge in [-0.1, -0.05) is 18.2 Å². The maximum atomic E-state index is 12.4. The summed E-state index contributed by atoms with van der Waals surface area (Å²) in [5, 5.41) is 2.95. The van der Waals surface area contributed by atoms with E-state index in [9.17, 15) is 13.2 Å². The second-order valence-corrected chi connectivity index (χ2v) is 8.27. The molecular formula is C16H19N3O3S. The van der Waals surface area contributed by atoms with Gasteiger partial charge >= 0.3 is 0 Å². The third-order valence-electron chi connectivity index (χ3n) is 4.01. The Kier molecular flexibility index (Phi) is 4.21. The lowest BCUT2D eigenvalue weighted by Crippen LogP contribution is -2.46. The topological polar surface area (TPSA) is 81.1 Å². The molecule has 1 aliphatic rings. The number of hydrogen-bond donors (Lipinski definition) is 1. The van der Waals surface area contributed by atoms with E-state index in [4.69, 9.17) is 0 Å². The van der Waals surface area contributed by atoms with Gasteiger partial charge in [-0.3, -0.25) is 9.36 Å². The summed E-state index contributed by atoms with van der Waals surface area (Å²) in [4.78, 5) is 16.5. The SMILES string of the molecule is CS(=O)(=O)CC1CC(NC(=O)c2cncn2-c2ccccc2)C1. The average Bonchev–Trinajstić information content (AvgIpc) is 2.94. The molecule has 0 radical (unpaired) electrons. The van der Waals surface area contributed by atoms with E-state index >= 15 is 0 Å². The molecule has 23 heavy (non-hydrogen) atoms. The van der Waals surface area contributed by atoms with Crippen LogP contribution >= 0.6 is 0 Å². The van der Waals surface area contributed by atoms with Crippen molar-refractivity contribution >= 4 is 15.7 Å². The van der Waals surface area contributed by atoms with E-state index in [1.54, 1.807) is 10.9 Å². The van der Waals surface area contributed by atoms with Crippen molar-refractivity contribution in [2.75, 3.05) is 12.0 Å². The van der Waals surface area contributed by atoms with Crippen LogP contribution in [0.25, 0.3) is 5.69 Å². The molecular weight excluding hydrogens is 314 g/mol. The van der Waals surface area contributed by atoms with Crippen molar-refractivity contribution in [3.63, 3.8) is 0 Å². The molecule has 0 aliphatic heterocycles. The summed E-state index contributed by atoms with van der Waals surface area (Å²) in [6.07, 6.45) is 5.81. The predicted octanol–water partition coefficient (Wildman–Crippen LogP) is 1.43. The Morgan fingerprint density at radius 1 is 1.30 bits per heavy atom. The fraction of sp³-hybridized carbons (Fsp3) is 0.375. The lowest BCUT2D eigenvalue weighted by atomic mass is 9.81. The number of benzene rings is 1. The van der Waals surface area contributed by atoms with Crippen molar-refractivity contribution < 1.29 is 13.2 Å². The van der Waals surface area contributed by atoms with Crippen molar-refractivity contribution in [3.05, 3.63) is 48.5 Å². The smallest absolute Gasteiger partial charge is 0.270 e. The number of para-hydroxylation sites is 1. The lowest BCUT2D eigenvalue weighted by Gasteiger charge is -2.35. The molecule has 7 heteroatoms. The van der Waals surface area contributed by atoms with Crippen LogP contribution in [0.1, 0.15) is 23.3 Å². The van der Waals surface area contributed by atoms with Crippen molar-refractivity contribution in [1.29, 1.82) is 0 Å². The normalized spacial score (nSPS) is 20.7. The van der Waals surface area contributed by atoms with E-state index in [1.807, 2.05) is 30.3 Å². The number of aromatic nitrogens is 2. The van der Waals surface area contributed by atoms with Gasteiger partial charge in [0.1, 0.15) is 15.5 Å². The van der Waals surface area contributed by atoms with Crippen molar-refractivity contribution in [2.24, 2.45) is 5.92 Å². The number of amides is 1. The van der Waals surface area contributed by atoms with Gasteiger partial charge in [0.25, 0.3) is 5.91 Å². The van der Waals surface area contributed by atoms with Crippen LogP contribution in [-0.4, -0.2) is 41.9 Å². The minimum atomic E-state index is -2.95. The largest absolute Gasteiger partial charge is 0.348 e. The molecule has 2 aromatic rings. The molecule has 1 N–H and O–H groups in total. The number of carbonyl (C=O) groups excluding carboxylic acids is 1. The quantitative estimate of drug-likeness (QED) is 0.897. The first-order valence-electron chi connectivity index (χ1n) is 7.49. The molecule has 1 amide bonds. The zero-order chi connectivity index (χ0) is 16.4. The Morgan fingerprint density at radius 2 is 2.00 bits per heavy atom. The van der Waals surface area contributed by atoms with Crippen LogP contribution in [0.4, 0.5) is 0 Å². The lowest BCUT2D eigenvalue weighted by molar-refractivity contribution is 0.0890. The maximum Gasteiger partial charge on any atom is 0.270 e. The highest BCUT2D eigenvalue weighted by molar-refractivity contribution is 7.90. The highest BCUT2D eigenvalue weighted by atomic mass is 32.2. The number of nitrogens with one attached hydrogen (secondary N) is 1. The minimum Gasteiger partial charge on any atom is -0.348 e. The maximum absolute atomic E-state index is 12.4. The second-order valence-electron chi connectivity index (χ2n) is 6.08. The van der Waals surface area contributed by atoms with Crippen LogP contribution in [0, 0.1) is 5.92 Å². The number of carbonyl (C=O) groups is 1. The second kappa shape index (κ2) is 6.16. The van der Waals surface area contributed by atoms with Gasteiger partial charge in [-0.15, -0.1) is 0 Å². The van der Waals surface area contributed by atoms with Gasteiger partial charge in [0.2, 0.25) is 0 Å². The molecule has 1 heterocycles. The third-order valence-corrected chi connectivity index (χ3v) is 5.09. The summed E-state index contributed by atoms with van der Waals surface area (Å²) in [7, 11) is -2.95. The van der Waals surface area contributed by atoms with E-state index < -0.39 is 9.84 Å². The highest BCUT2D eigenvalue weighted by Gasteiger charge is 2.33. The Bertz CT molecular complexity index is 793. The summed E-state index contributed by atoms with van der Waals surface area (Å²) in [5.41, 5.74) is 1.35. The molecule has 0 bridgehead atoms. The first-order chi connectivity index (χ1) is 10.9. The van der Waals surface area contributed by atoms with Crippen molar-refractivity contribution in [3.8, 4) is 5.69 Å². The summed E-state index contributed by atoms with van der Waals surface area (Å²) in [5.74, 6) is 0.157. The highest BCUT2D eigenvalue weighted by Crippen LogP contribution is 2.28. The molecule has 122 valence electrons. The average molecular weight is 333 g/mol. The van der Waals surface area contributed by atoms with Crippen LogP contribution in [0.15, 0.2) is 42.9 Å². The van der Waals surface area contributed by atoms with Crippen molar-refractivity contribution in [1.82, 2.24) is 14.9 Å². The first kappa shape index (κ1) is 15.7. The van der Waals surface area contributed by atoms with Gasteiger partial charge in [0.15, 0.2) is 0 Å². The van der Waals surface area contributed by atoms with Gasteiger partial charge in [-0.25, -0.2) is 13.4 Å². The van der Waals surface area contributed by atoms with Crippen molar-refractivity contribution in [2.45, 2.75) is 18.9 Å². The number of imidazole rings is 1. The van der Waals surface area contributed by atoms with Gasteiger partial charge in [-0.2, -0.15) is 0 Å². The predicted molar refractivity (Wildman–Crippen MR) is 87.3 cm³/mol. The summed E-state index contributed by atoms with van der Waals surface area (Å²) >= 11 is 0. The monoisotopic (exact) mass is 333 g/mol. The molecule has 1 saturated carbocycles. The molecule has 0 saturated heterocycles. The van der Waals surface area contributed by atoms with E-state index in [2.05, 4.69) is 10.3 Å². The van der Waals surface area contributed by atoms with E-state index in [-0.39, 0.29) is 23.6 Å². The van der Waals surface area contributed by atoms with Gasteiger partial charge in [-0.05, 0) is 30.9 Å². The molecule has 0 spiro atoms. The number of hydrogen-bond acceptors (Lipinski definition) is 4. The Labute approximate surface area is 135 Å². The van der Waals surface area contributed by atoms with Crippen LogP contribution in [0.2, 0.25) is 0 Å². The Hall–Kier alpha value is -2.15. The fourth-order valence-electron chi connectivity index (χ4n) is 2.93. The van der Waals surface area contributed by atoms with Gasteiger partial charge < -0.3 is 5.32 Å². The van der Waals surface area contributed by atoms with Gasteiger partial charge in [0.05, 0.1) is 18.3 Å². The van der Waals surface area contributed by atoms with Crippen LogP contribution in [0.3, 0.4) is 0 Å². The molecule has 0 unspecified atom stereocenters. The standard InChI is InChI=1S/C16H19N3O3S/c1-23(21,22)10-12-7-13(8-12)18-16(20)15-9-17-11-19(15)14-5-3-2-4-6-14/h2-6,9,11-13H,7-8,10H2,1H3,(H,18,20). The van der Waals surface area contributed by atoms with Crippen LogP contribution in [0.5, 0.6) is 0 Å². The molecule has 0 atom stereocenters. The van der Waals surface area contributed by atoms with E-state index in [1.165, 1.54) is 12.5 Å². The van der Waals surface area contributed by atoms with E-state index in [0.717, 1.165) is 5.69 Å². The Morgan fingerprint density at radius 3 is 2.65 bits per heavy atom. The zero-order valence-electron chi connectivity index (χ0n) is 12.8. The summed E-state index contributed by atoms with van der Waals surface area (Å²) < 4.78 is 24.2. The molecule has 3 rings (SSSR count). The number of sulfone groups is 1. The van der Waals surface area contributed by atoms with Crippen LogP contribution < -0.4 is 5.32 Å². The number of nitrogens with zero attached hydrogens (tertiary/aromatic N) is 2. The van der Waals surface area contributed by atoms with Gasteiger partial charge in [0, 0.05) is 18.0 Å². The molecule has 1 aliphatic carbocycles. The third kappa shape index (κ3) is 3.79. The molecule has 6 nitrogen and oxygen atoms in total. The summed E-state index contributed by atoms with van der Waals surface area (Å²) in [6.45, 7) is 0. The summed E-state index contributed by atoms with van der Waals surface area (Å²) in [6, 6.07) is 9.57. The minimum absolute atomic E-state index is 0.0355. The number of rotatable bonds is 5. The van der Waals surface area contributed by atoms with E-state index in [0.29, 0.717) is 18.5 Å². The molecule has 1 aromatic carbocycles. The van der Waals surface area contributed by atoms with Crippen LogP contribution in [-0.2, 0) is 9.84 Å². The zero-order valence-corrected chi connectivity index (χ0v) is 13.7. The molecule has 1 aromatic heterocycles.